The first-order valence-corrected chi connectivity index (χ1v) is 36.1. The smallest absolute Gasteiger partial charge is 0.416 e. The molecule has 23 nitrogen and oxygen atoms in total. The molecule has 11 aromatic rings. The number of pyridine rings is 2. The maximum absolute atomic E-state index is 14.7. The summed E-state index contributed by atoms with van der Waals surface area (Å²) in [7, 11) is 12.1. The Morgan fingerprint density at radius 2 is 0.940 bits per heavy atom. The topological polar surface area (TPSA) is 300 Å². The van der Waals surface area contributed by atoms with Crippen LogP contribution >= 0.6 is 0 Å². The summed E-state index contributed by atoms with van der Waals surface area (Å²) < 4.78 is 112. The Kier molecular flexibility index (Phi) is 33.0. The largest absolute Gasteiger partial charge is 0.506 e. The lowest BCUT2D eigenvalue weighted by molar-refractivity contribution is -0.139. The van der Waals surface area contributed by atoms with Crippen molar-refractivity contribution in [2.75, 3.05) is 82.4 Å². The second-order valence-electron chi connectivity index (χ2n) is 25.4. The van der Waals surface area contributed by atoms with E-state index in [1.807, 2.05) is 64.1 Å². The highest BCUT2D eigenvalue weighted by Gasteiger charge is 2.32. The van der Waals surface area contributed by atoms with E-state index in [9.17, 15) is 56.2 Å². The number of benzene rings is 9. The number of rotatable bonds is 25. The van der Waals surface area contributed by atoms with Crippen molar-refractivity contribution in [3.05, 3.63) is 299 Å². The summed E-state index contributed by atoms with van der Waals surface area (Å²) >= 11 is 0. The van der Waals surface area contributed by atoms with E-state index in [0.29, 0.717) is 86.1 Å². The molecule has 0 amide bonds. The summed E-state index contributed by atoms with van der Waals surface area (Å²) in [6.45, 7) is 13.4. The molecule has 612 valence electrons. The lowest BCUT2D eigenvalue weighted by Crippen LogP contribution is -2.20. The van der Waals surface area contributed by atoms with Crippen LogP contribution < -0.4 is 54.5 Å². The summed E-state index contributed by atoms with van der Waals surface area (Å²) in [6, 6.07) is 46.7. The standard InChI is InChI=1S/C27H21F4NO4.C21H23NO5.C19H17NO4.C15H18O4.C8H11NO2/c1-15-4-6-16(7-5-15)25(33)20-14-32(13-17-8-9-18(10-21(17)28)27(29,30)31)22-12-24(36-3)23(35-2)11-19(22)26(20)34;1-5-27-21(24)17(20(23)15-8-6-14(2)7-9-15)13-22-16-10-11-18(25-3)19(12-16)26-4;1-11-4-6-12(7-5-11)18(21)14-10-20-15-9-17(24-3)16(23-2)8-13(15)19(14)22;1-4-18-10-13(15(17)19-5-2)14(16)12-8-6-11(3)7-9-12;1-10-7-4-3-6(9)5-8(7)11-2/h4-12,14H,13H2,1-3H3;6-13,23H,5H2,1-4H3;4-10H,1-3H3,(H,20,22);6-10H,4-5H2,1-3H3;3-5H,9H2,1-2H3/b;;;13-10-;. The van der Waals surface area contributed by atoms with Crippen molar-refractivity contribution >= 4 is 74.4 Å². The third-order valence-electron chi connectivity index (χ3n) is 17.4. The molecule has 0 saturated carbocycles. The quantitative estimate of drug-likeness (QED) is 0.00551. The number of H-pyrrole nitrogens is 1. The third kappa shape index (κ3) is 23.8. The van der Waals surface area contributed by atoms with Crippen LogP contribution in [0.2, 0.25) is 0 Å². The number of ketones is 3. The van der Waals surface area contributed by atoms with Crippen molar-refractivity contribution in [2.45, 2.75) is 61.2 Å². The minimum absolute atomic E-state index is 0.0320. The fourth-order valence-electron chi connectivity index (χ4n) is 11.1. The minimum atomic E-state index is -4.69. The van der Waals surface area contributed by atoms with Crippen LogP contribution in [-0.4, -0.2) is 127 Å². The van der Waals surface area contributed by atoms with Crippen LogP contribution in [-0.2, 0) is 36.5 Å². The Bertz CT molecular complexity index is 5560. The number of alkyl halides is 3. The van der Waals surface area contributed by atoms with Crippen LogP contribution in [0.3, 0.4) is 0 Å². The summed E-state index contributed by atoms with van der Waals surface area (Å²) in [5.41, 5.74) is 11.1. The van der Waals surface area contributed by atoms with Crippen LogP contribution in [0.15, 0.2) is 220 Å². The molecule has 2 heterocycles. The number of halogens is 4. The molecule has 9 aromatic carbocycles. The number of hydrogen-bond acceptors (Lipinski definition) is 21. The van der Waals surface area contributed by atoms with Crippen LogP contribution in [0.25, 0.3) is 27.6 Å². The van der Waals surface area contributed by atoms with Crippen molar-refractivity contribution in [3.8, 4) is 46.0 Å². The molecule has 11 rings (SSSR count). The van der Waals surface area contributed by atoms with Crippen molar-refractivity contribution < 1.29 is 98.7 Å². The molecular weight excluding hydrogens is 1520 g/mol. The summed E-state index contributed by atoms with van der Waals surface area (Å²) in [6.07, 6.45) is 0.490. The van der Waals surface area contributed by atoms with Crippen LogP contribution in [0, 0.1) is 33.5 Å². The number of aliphatic hydroxyl groups is 1. The van der Waals surface area contributed by atoms with E-state index >= 15 is 0 Å². The number of Topliss-reactive ketones (excluding diaryl/α,β-unsaturated/α-hetero) is 1. The molecule has 0 radical (unpaired) electrons. The molecule has 0 aliphatic rings. The Morgan fingerprint density at radius 1 is 0.496 bits per heavy atom. The summed E-state index contributed by atoms with van der Waals surface area (Å²) in [5.74, 6) is 0.0817. The average Bonchev–Trinajstić information content (AvgIpc) is 0.754. The number of anilines is 1. The lowest BCUT2D eigenvalue weighted by Gasteiger charge is -2.17. The zero-order chi connectivity index (χ0) is 85.8. The maximum atomic E-state index is 14.7. The van der Waals surface area contributed by atoms with Gasteiger partial charge in [-0.25, -0.2) is 14.0 Å². The number of aryl methyl sites for hydroxylation is 4. The van der Waals surface area contributed by atoms with E-state index in [-0.39, 0.29) is 92.5 Å². The Balaban J connectivity index is 0.000000211. The number of hydrogen-bond donors (Lipinski definition) is 3. The lowest BCUT2D eigenvalue weighted by atomic mass is 10.0. The van der Waals surface area contributed by atoms with Gasteiger partial charge in [0.25, 0.3) is 0 Å². The van der Waals surface area contributed by atoms with E-state index in [0.717, 1.165) is 34.4 Å². The maximum Gasteiger partial charge on any atom is 0.416 e. The van der Waals surface area contributed by atoms with Gasteiger partial charge in [-0.15, -0.1) is 0 Å². The first kappa shape index (κ1) is 90.2. The minimum Gasteiger partial charge on any atom is -0.506 e. The third-order valence-corrected chi connectivity index (χ3v) is 17.4. The molecule has 0 saturated heterocycles. The van der Waals surface area contributed by atoms with Gasteiger partial charge in [0.05, 0.1) is 127 Å². The number of aromatic amines is 1. The molecule has 0 fully saturated rings. The van der Waals surface area contributed by atoms with Gasteiger partial charge in [-0.1, -0.05) is 125 Å². The number of nitrogen functional groups attached to an aromatic ring is 1. The zero-order valence-electron chi connectivity index (χ0n) is 67.2. The number of carbonyl (C=O) groups is 5. The highest BCUT2D eigenvalue weighted by Crippen LogP contribution is 2.36. The molecule has 27 heteroatoms. The number of ether oxygens (including phenoxy) is 11. The number of aliphatic imine (C=N–C) groups is 1. The first-order chi connectivity index (χ1) is 55.9. The Hall–Kier alpha value is -14.0. The highest BCUT2D eigenvalue weighted by molar-refractivity contribution is 6.24. The molecule has 2 aromatic heterocycles. The van der Waals surface area contributed by atoms with Gasteiger partial charge in [-0.3, -0.25) is 29.0 Å². The van der Waals surface area contributed by atoms with Gasteiger partial charge in [0.15, 0.2) is 57.6 Å². The summed E-state index contributed by atoms with van der Waals surface area (Å²) in [4.78, 5) is 95.5. The predicted molar refractivity (Wildman–Crippen MR) is 440 cm³/mol. The number of esters is 2. The predicted octanol–water partition coefficient (Wildman–Crippen LogP) is 17.0. The second kappa shape index (κ2) is 42.8. The van der Waals surface area contributed by atoms with Crippen LogP contribution in [0.1, 0.15) is 102 Å². The number of nitrogens with one attached hydrogen (secondary N) is 1. The van der Waals surface area contributed by atoms with Crippen molar-refractivity contribution in [1.29, 1.82) is 0 Å². The van der Waals surface area contributed by atoms with E-state index in [4.69, 9.17) is 57.8 Å². The van der Waals surface area contributed by atoms with Gasteiger partial charge >= 0.3 is 18.1 Å². The second-order valence-corrected chi connectivity index (χ2v) is 25.4. The number of aromatic nitrogens is 2. The molecule has 4 N–H and O–H groups in total. The van der Waals surface area contributed by atoms with E-state index in [2.05, 4.69) is 9.98 Å². The van der Waals surface area contributed by atoms with E-state index in [1.54, 1.807) is 151 Å². The van der Waals surface area contributed by atoms with Crippen LogP contribution in [0.5, 0.6) is 46.0 Å². The van der Waals surface area contributed by atoms with Crippen molar-refractivity contribution in [2.24, 2.45) is 4.99 Å². The monoisotopic (exact) mass is 1610 g/mol. The molecule has 0 unspecified atom stereocenters. The summed E-state index contributed by atoms with van der Waals surface area (Å²) in [5, 5.41) is 11.1. The molecular formula is C90H90F4N4O19. The van der Waals surface area contributed by atoms with Gasteiger partial charge in [-0.2, -0.15) is 13.2 Å². The number of methoxy groups -OCH3 is 8. The average molecular weight is 1610 g/mol. The fourth-order valence-corrected chi connectivity index (χ4v) is 11.1. The van der Waals surface area contributed by atoms with E-state index < -0.39 is 46.5 Å². The Labute approximate surface area is 673 Å². The number of fused-ring (bicyclic) bond motifs is 2. The van der Waals surface area contributed by atoms with Crippen LogP contribution in [0.4, 0.5) is 28.9 Å². The van der Waals surface area contributed by atoms with Gasteiger partial charge in [0, 0.05) is 76.4 Å². The van der Waals surface area contributed by atoms with Crippen molar-refractivity contribution in [3.63, 3.8) is 0 Å². The molecule has 0 atom stereocenters. The molecule has 117 heavy (non-hydrogen) atoms. The number of nitrogens with two attached hydrogens (primary N) is 1. The molecule has 0 bridgehead atoms. The number of aliphatic hydroxyl groups excluding tert-OH is 1. The molecule has 0 spiro atoms. The van der Waals surface area contributed by atoms with Gasteiger partial charge < -0.3 is 72.5 Å². The number of carbonyl (C=O) groups excluding carboxylic acids is 5. The molecule has 0 aliphatic heterocycles. The normalized spacial score (nSPS) is 11.1. The zero-order valence-corrected chi connectivity index (χ0v) is 67.2. The van der Waals surface area contributed by atoms with Crippen molar-refractivity contribution in [1.82, 2.24) is 9.55 Å². The van der Waals surface area contributed by atoms with Gasteiger partial charge in [0.2, 0.25) is 16.6 Å². The van der Waals surface area contributed by atoms with E-state index in [1.165, 1.54) is 77.1 Å². The highest BCUT2D eigenvalue weighted by atomic mass is 19.4. The SMILES string of the molecule is CCO/C=C(\C(=O)OCC)C(=O)c1ccc(C)cc1.CCOC(=O)C(C=Nc1ccc(OC)c(OC)c1)=C(O)c1ccc(C)cc1.COc1cc2[nH]cc(C(=O)c3ccc(C)cc3)c(=O)c2cc1OC.COc1cc2c(=O)c(C(=O)c3ccc(C)cc3)cn(Cc3ccc(C(F)(F)F)cc3F)c2cc1OC.COc1ccc(N)cc1OC. The first-order valence-electron chi connectivity index (χ1n) is 36.1. The fraction of sp³-hybridized carbons (Fsp3) is 0.222. The van der Waals surface area contributed by atoms with Gasteiger partial charge in [-0.05, 0) is 97.0 Å². The Morgan fingerprint density at radius 3 is 1.44 bits per heavy atom. The molecule has 0 aliphatic carbocycles. The number of nitrogens with zero attached hydrogens (tertiary/aromatic N) is 2. The van der Waals surface area contributed by atoms with Gasteiger partial charge in [0.1, 0.15) is 29.0 Å².